The highest BCUT2D eigenvalue weighted by Crippen LogP contribution is 2.21. The van der Waals surface area contributed by atoms with Gasteiger partial charge in [-0.05, 0) is 18.6 Å². The zero-order chi connectivity index (χ0) is 14.7. The Balaban J connectivity index is 1.70. The van der Waals surface area contributed by atoms with Crippen LogP contribution in [-0.4, -0.2) is 30.7 Å². The zero-order valence-electron chi connectivity index (χ0n) is 11.9. The average Bonchev–Trinajstić information content (AvgIpc) is 2.77. The van der Waals surface area contributed by atoms with E-state index < -0.39 is 0 Å². The molecule has 0 saturated heterocycles. The molecule has 0 bridgehead atoms. The molecule has 1 amide bonds. The largest absolute Gasteiger partial charge is 0.361 e. The number of hydrogen-bond donors (Lipinski definition) is 2. The van der Waals surface area contributed by atoms with E-state index in [2.05, 4.69) is 32.8 Å². The molecule has 0 saturated carbocycles. The van der Waals surface area contributed by atoms with Crippen LogP contribution < -0.4 is 15.5 Å². The molecule has 0 unspecified atom stereocenters. The van der Waals surface area contributed by atoms with Crippen molar-refractivity contribution in [3.05, 3.63) is 41.7 Å². The van der Waals surface area contributed by atoms with Crippen molar-refractivity contribution in [1.82, 2.24) is 10.5 Å². The molecule has 1 aromatic heterocycles. The molecule has 1 aromatic carbocycles. The summed E-state index contributed by atoms with van der Waals surface area (Å²) in [5.74, 6) is 1.04. The van der Waals surface area contributed by atoms with Gasteiger partial charge in [-0.2, -0.15) is 0 Å². The molecule has 0 atom stereocenters. The molecule has 6 heteroatoms. The number of nitrogens with zero attached hydrogens (tertiary/aromatic N) is 2. The van der Waals surface area contributed by atoms with Gasteiger partial charge in [-0.25, -0.2) is 0 Å². The van der Waals surface area contributed by atoms with Crippen molar-refractivity contribution in [2.75, 3.05) is 29.9 Å². The third-order valence-corrected chi connectivity index (χ3v) is 3.44. The maximum Gasteiger partial charge on any atom is 0.245 e. The summed E-state index contributed by atoms with van der Waals surface area (Å²) >= 11 is 0. The summed E-state index contributed by atoms with van der Waals surface area (Å²) in [4.78, 5) is 14.2. The monoisotopic (exact) mass is 286 g/mol. The summed E-state index contributed by atoms with van der Waals surface area (Å²) in [6.07, 6.45) is 0. The molecule has 2 aromatic rings. The number of carbonyl (C=O) groups is 1. The van der Waals surface area contributed by atoms with Gasteiger partial charge in [0.1, 0.15) is 5.76 Å². The number of fused-ring (bicyclic) bond motifs is 1. The number of carbonyl (C=O) groups excluding carboxylic acids is 1. The number of benzene rings is 1. The van der Waals surface area contributed by atoms with E-state index >= 15 is 0 Å². The van der Waals surface area contributed by atoms with Gasteiger partial charge < -0.3 is 20.1 Å². The summed E-state index contributed by atoms with van der Waals surface area (Å²) in [7, 11) is 0. The molecular weight excluding hydrogens is 268 g/mol. The summed E-state index contributed by atoms with van der Waals surface area (Å²) in [5.41, 5.74) is 2.31. The van der Waals surface area contributed by atoms with Gasteiger partial charge in [0.15, 0.2) is 5.82 Å². The van der Waals surface area contributed by atoms with Gasteiger partial charge in [0, 0.05) is 31.4 Å². The molecule has 21 heavy (non-hydrogen) atoms. The Hall–Kier alpha value is -2.34. The summed E-state index contributed by atoms with van der Waals surface area (Å²) < 4.78 is 4.94. The van der Waals surface area contributed by atoms with Crippen LogP contribution in [0.25, 0.3) is 0 Å². The normalized spacial score (nSPS) is 14.4. The lowest BCUT2D eigenvalue weighted by Gasteiger charge is -2.23. The van der Waals surface area contributed by atoms with E-state index in [1.807, 2.05) is 12.1 Å². The molecule has 0 aliphatic carbocycles. The Morgan fingerprint density at radius 1 is 1.48 bits per heavy atom. The number of para-hydroxylation sites is 1. The number of nitrogens with one attached hydrogen (secondary N) is 2. The van der Waals surface area contributed by atoms with E-state index in [9.17, 15) is 4.79 Å². The quantitative estimate of drug-likeness (QED) is 0.895. The van der Waals surface area contributed by atoms with Crippen molar-refractivity contribution < 1.29 is 9.32 Å². The van der Waals surface area contributed by atoms with Crippen LogP contribution in [0.4, 0.5) is 11.5 Å². The number of rotatable bonds is 3. The van der Waals surface area contributed by atoms with Crippen molar-refractivity contribution in [3.63, 3.8) is 0 Å². The van der Waals surface area contributed by atoms with Gasteiger partial charge >= 0.3 is 0 Å². The summed E-state index contributed by atoms with van der Waals surface area (Å²) in [6.45, 7) is 4.56. The summed E-state index contributed by atoms with van der Waals surface area (Å²) in [5, 5.41) is 9.89. The minimum Gasteiger partial charge on any atom is -0.361 e. The first kappa shape index (κ1) is 13.6. The number of aryl methyl sites for hydroxylation is 1. The SMILES string of the molecule is Cc1cc(NC(=O)CN2CCNCc3ccccc32)no1. The van der Waals surface area contributed by atoms with E-state index in [-0.39, 0.29) is 5.91 Å². The number of anilines is 2. The standard InChI is InChI=1S/C15H18N4O2/c1-11-8-14(18-21-11)17-15(20)10-19-7-6-16-9-12-4-2-3-5-13(12)19/h2-5,8,16H,6-7,9-10H2,1H3,(H,17,18,20). The minimum atomic E-state index is -0.0972. The summed E-state index contributed by atoms with van der Waals surface area (Å²) in [6, 6.07) is 9.85. The van der Waals surface area contributed by atoms with E-state index in [0.717, 1.165) is 25.3 Å². The molecule has 2 heterocycles. The molecule has 6 nitrogen and oxygen atoms in total. The number of amides is 1. The molecule has 1 aliphatic rings. The lowest BCUT2D eigenvalue weighted by Crippen LogP contribution is -2.36. The maximum atomic E-state index is 12.2. The van der Waals surface area contributed by atoms with Crippen molar-refractivity contribution in [2.24, 2.45) is 0 Å². The van der Waals surface area contributed by atoms with Gasteiger partial charge in [-0.3, -0.25) is 4.79 Å². The van der Waals surface area contributed by atoms with Gasteiger partial charge in [0.05, 0.1) is 6.54 Å². The Morgan fingerprint density at radius 3 is 3.14 bits per heavy atom. The molecule has 0 spiro atoms. The van der Waals surface area contributed by atoms with Crippen LogP contribution in [0.1, 0.15) is 11.3 Å². The van der Waals surface area contributed by atoms with Gasteiger partial charge in [0.2, 0.25) is 5.91 Å². The third-order valence-electron chi connectivity index (χ3n) is 3.44. The van der Waals surface area contributed by atoms with Crippen LogP contribution in [0.3, 0.4) is 0 Å². The average molecular weight is 286 g/mol. The van der Waals surface area contributed by atoms with Crippen LogP contribution in [0.2, 0.25) is 0 Å². The highest BCUT2D eigenvalue weighted by molar-refractivity contribution is 5.93. The fraction of sp³-hybridized carbons (Fsp3) is 0.333. The molecule has 0 radical (unpaired) electrons. The maximum absolute atomic E-state index is 12.2. The second kappa shape index (κ2) is 5.97. The Kier molecular flexibility index (Phi) is 3.87. The Bertz CT molecular complexity index is 638. The first-order valence-electron chi connectivity index (χ1n) is 6.99. The Morgan fingerprint density at radius 2 is 2.33 bits per heavy atom. The molecule has 1 aliphatic heterocycles. The number of aromatic nitrogens is 1. The second-order valence-corrected chi connectivity index (χ2v) is 5.10. The molecule has 3 rings (SSSR count). The van der Waals surface area contributed by atoms with Gasteiger partial charge in [0.25, 0.3) is 0 Å². The predicted octanol–water partition coefficient (Wildman–Crippen LogP) is 1.53. The highest BCUT2D eigenvalue weighted by Gasteiger charge is 2.17. The third kappa shape index (κ3) is 3.22. The predicted molar refractivity (Wildman–Crippen MR) is 80.2 cm³/mol. The lowest BCUT2D eigenvalue weighted by atomic mass is 10.1. The lowest BCUT2D eigenvalue weighted by molar-refractivity contribution is -0.115. The molecule has 110 valence electrons. The Labute approximate surface area is 123 Å². The van der Waals surface area contributed by atoms with Crippen LogP contribution in [0.15, 0.2) is 34.9 Å². The van der Waals surface area contributed by atoms with Crippen molar-refractivity contribution >= 4 is 17.4 Å². The molecule has 0 fully saturated rings. The number of hydrogen-bond acceptors (Lipinski definition) is 5. The van der Waals surface area contributed by atoms with E-state index in [1.54, 1.807) is 13.0 Å². The van der Waals surface area contributed by atoms with Crippen LogP contribution >= 0.6 is 0 Å². The van der Waals surface area contributed by atoms with Gasteiger partial charge in [-0.15, -0.1) is 0 Å². The van der Waals surface area contributed by atoms with E-state index in [4.69, 9.17) is 4.52 Å². The van der Waals surface area contributed by atoms with Crippen LogP contribution in [0.5, 0.6) is 0 Å². The van der Waals surface area contributed by atoms with E-state index in [1.165, 1.54) is 5.56 Å². The first-order chi connectivity index (χ1) is 10.2. The fourth-order valence-electron chi connectivity index (χ4n) is 2.47. The second-order valence-electron chi connectivity index (χ2n) is 5.10. The zero-order valence-corrected chi connectivity index (χ0v) is 11.9. The van der Waals surface area contributed by atoms with Crippen LogP contribution in [-0.2, 0) is 11.3 Å². The van der Waals surface area contributed by atoms with Crippen LogP contribution in [0, 0.1) is 6.92 Å². The topological polar surface area (TPSA) is 70.4 Å². The molecular formula is C15H18N4O2. The van der Waals surface area contributed by atoms with Crippen molar-refractivity contribution in [3.8, 4) is 0 Å². The smallest absolute Gasteiger partial charge is 0.245 e. The van der Waals surface area contributed by atoms with Gasteiger partial charge in [-0.1, -0.05) is 23.4 Å². The van der Waals surface area contributed by atoms with Crippen molar-refractivity contribution in [2.45, 2.75) is 13.5 Å². The highest BCUT2D eigenvalue weighted by atomic mass is 16.5. The minimum absolute atomic E-state index is 0.0972. The molecule has 2 N–H and O–H groups in total. The fourth-order valence-corrected chi connectivity index (χ4v) is 2.47. The van der Waals surface area contributed by atoms with Crippen molar-refractivity contribution in [1.29, 1.82) is 0 Å². The first-order valence-corrected chi connectivity index (χ1v) is 6.99. The van der Waals surface area contributed by atoms with E-state index in [0.29, 0.717) is 18.1 Å².